The zero-order valence-electron chi connectivity index (χ0n) is 34.1. The molecule has 11 N–H and O–H groups in total. The van der Waals surface area contributed by atoms with Gasteiger partial charge in [-0.25, -0.2) is 10.7 Å². The van der Waals surface area contributed by atoms with Crippen molar-refractivity contribution in [3.05, 3.63) is 75.7 Å². The van der Waals surface area contributed by atoms with Crippen molar-refractivity contribution in [3.8, 4) is 11.8 Å². The number of anilines is 1. The first kappa shape index (κ1) is 45.3. The number of nitrogens with two attached hydrogens (primary N) is 2. The number of benzene rings is 2. The number of nitrogens with one attached hydrogen (secondary N) is 3. The first-order chi connectivity index (χ1) is 29.5. The zero-order valence-corrected chi connectivity index (χ0v) is 34.1. The van der Waals surface area contributed by atoms with Gasteiger partial charge in [-0.2, -0.15) is 9.97 Å². The second-order valence-electron chi connectivity index (χ2n) is 15.5. The van der Waals surface area contributed by atoms with Crippen molar-refractivity contribution in [2.75, 3.05) is 45.2 Å². The van der Waals surface area contributed by atoms with Crippen LogP contribution in [0.15, 0.2) is 53.3 Å². The number of carbonyl (C=O) groups is 2. The van der Waals surface area contributed by atoms with E-state index < -0.39 is 55.9 Å². The van der Waals surface area contributed by atoms with Crippen LogP contribution in [-0.4, -0.2) is 133 Å². The van der Waals surface area contributed by atoms with Gasteiger partial charge in [0.1, 0.15) is 48.3 Å². The second kappa shape index (κ2) is 21.6. The average molecular weight is 852 g/mol. The summed E-state index contributed by atoms with van der Waals surface area (Å²) in [4.78, 5) is 56.8. The van der Waals surface area contributed by atoms with Gasteiger partial charge in [0, 0.05) is 19.5 Å². The van der Waals surface area contributed by atoms with E-state index in [0.717, 1.165) is 62.9 Å². The molecular weight excluding hydrogens is 795 g/mol. The summed E-state index contributed by atoms with van der Waals surface area (Å²) in [6.45, 7) is 4.85. The van der Waals surface area contributed by atoms with Gasteiger partial charge < -0.3 is 56.0 Å². The number of aliphatic hydroxyl groups is 4. The number of piperidine rings is 1. The maximum Gasteiger partial charge on any atom is 0.328 e. The van der Waals surface area contributed by atoms with Crippen LogP contribution in [-0.2, 0) is 38.7 Å². The fourth-order valence-electron chi connectivity index (χ4n) is 7.46. The van der Waals surface area contributed by atoms with E-state index in [0.29, 0.717) is 42.3 Å². The molecule has 0 bridgehead atoms. The van der Waals surface area contributed by atoms with E-state index in [1.54, 1.807) is 24.3 Å². The number of aromatic nitrogens is 4. The van der Waals surface area contributed by atoms with Crippen molar-refractivity contribution in [3.63, 3.8) is 0 Å². The smallest absolute Gasteiger partial charge is 0.328 e. The number of nitrogens with zero attached hydrogens (tertiary/aromatic N) is 4. The monoisotopic (exact) mass is 851 g/mol. The molecule has 6 rings (SSSR count). The molecular formula is C41H57N9O11. The summed E-state index contributed by atoms with van der Waals surface area (Å²) in [6, 6.07) is 13.9. The first-order valence-corrected chi connectivity index (χ1v) is 20.6. The highest BCUT2D eigenvalue weighted by Gasteiger charge is 2.44. The number of rotatable bonds is 20. The van der Waals surface area contributed by atoms with Crippen LogP contribution in [0.2, 0.25) is 0 Å². The molecule has 0 radical (unpaired) electrons. The summed E-state index contributed by atoms with van der Waals surface area (Å²) < 4.78 is 18.3. The average Bonchev–Trinajstić information content (AvgIpc) is 3.57. The number of carbonyl (C=O) groups excluding carboxylic acids is 2. The Kier molecular flexibility index (Phi) is 16.0. The van der Waals surface area contributed by atoms with Gasteiger partial charge in [-0.1, -0.05) is 49.7 Å². The van der Waals surface area contributed by atoms with Crippen molar-refractivity contribution in [1.29, 1.82) is 0 Å². The van der Waals surface area contributed by atoms with E-state index in [1.807, 2.05) is 12.1 Å². The summed E-state index contributed by atoms with van der Waals surface area (Å²) in [7, 11) is 0. The number of imidazole rings is 1. The van der Waals surface area contributed by atoms with Crippen LogP contribution in [0.25, 0.3) is 11.2 Å². The minimum Gasteiger partial charge on any atom is -0.463 e. The maximum atomic E-state index is 13.4. The quantitative estimate of drug-likeness (QED) is 0.0398. The first-order valence-electron chi connectivity index (χ1n) is 20.6. The van der Waals surface area contributed by atoms with Crippen molar-refractivity contribution in [1.82, 2.24) is 35.1 Å². The molecule has 20 heteroatoms. The molecule has 2 amide bonds. The van der Waals surface area contributed by atoms with E-state index in [4.69, 9.17) is 25.8 Å². The van der Waals surface area contributed by atoms with Crippen LogP contribution in [0, 0.1) is 5.92 Å². The Balaban J connectivity index is 0.950. The molecule has 2 fully saturated rings. The third-order valence-electron chi connectivity index (χ3n) is 11.0. The van der Waals surface area contributed by atoms with E-state index in [9.17, 15) is 34.8 Å². The SMILES string of the molecule is CCCCOc1nc(N)c2[nH]c(=O)n(Cc3ccc(CN4CCC(CCNC(=O)[C@H](Cc5ccc(O[C@@H]6O[C@H](CO)[C@@H](O)[C@H](O)[C@H]6O)cc5)NC(=O)CON)CC4)cc3)c2n1. The summed E-state index contributed by atoms with van der Waals surface area (Å²) in [5.41, 5.74) is 9.33. The lowest BCUT2D eigenvalue weighted by atomic mass is 9.93. The van der Waals surface area contributed by atoms with Gasteiger partial charge in [-0.05, 0) is 73.5 Å². The number of nitrogen functional groups attached to an aromatic ring is 1. The summed E-state index contributed by atoms with van der Waals surface area (Å²) in [5.74, 6) is 5.01. The van der Waals surface area contributed by atoms with Gasteiger partial charge in [-0.3, -0.25) is 23.9 Å². The molecule has 2 saturated heterocycles. The fourth-order valence-corrected chi connectivity index (χ4v) is 7.46. The topological polar surface area (TPSA) is 295 Å². The highest BCUT2D eigenvalue weighted by molar-refractivity contribution is 5.88. The highest BCUT2D eigenvalue weighted by atomic mass is 16.7. The molecule has 332 valence electrons. The molecule has 2 aromatic heterocycles. The Hall–Kier alpha value is -5.19. The lowest BCUT2D eigenvalue weighted by Crippen LogP contribution is -2.60. The molecule has 6 atom stereocenters. The van der Waals surface area contributed by atoms with Gasteiger partial charge in [0.05, 0.1) is 19.8 Å². The predicted octanol–water partition coefficient (Wildman–Crippen LogP) is -0.556. The Morgan fingerprint density at radius 3 is 2.34 bits per heavy atom. The van der Waals surface area contributed by atoms with Crippen LogP contribution in [0.1, 0.15) is 55.7 Å². The van der Waals surface area contributed by atoms with Crippen molar-refractivity contribution < 1.29 is 49.1 Å². The molecule has 4 heterocycles. The van der Waals surface area contributed by atoms with E-state index in [2.05, 4.69) is 54.4 Å². The van der Waals surface area contributed by atoms with E-state index in [-0.39, 0.29) is 35.6 Å². The number of amides is 2. The Labute approximate surface area is 352 Å². The molecule has 0 spiro atoms. The van der Waals surface area contributed by atoms with Crippen molar-refractivity contribution >= 4 is 28.8 Å². The highest BCUT2D eigenvalue weighted by Crippen LogP contribution is 2.26. The molecule has 61 heavy (non-hydrogen) atoms. The Bertz CT molecular complexity index is 2090. The number of aliphatic hydroxyl groups excluding tert-OH is 4. The number of fused-ring (bicyclic) bond motifs is 1. The largest absolute Gasteiger partial charge is 0.463 e. The van der Waals surface area contributed by atoms with E-state index >= 15 is 0 Å². The lowest BCUT2D eigenvalue weighted by Gasteiger charge is -2.39. The predicted molar refractivity (Wildman–Crippen MR) is 221 cm³/mol. The standard InChI is InChI=1S/C41H57N9O11/c1-2-3-18-58-40-47-36(42)32-37(48-40)50(41(57)46-32)21-27-6-4-26(5-7-27)20-49-16-13-24(14-17-49)12-15-44-38(56)29(45-31(52)23-59-43)19-25-8-10-28(11-9-25)60-39-35(55)34(54)33(53)30(22-51)61-39/h4-11,24,29-30,33-35,39,51,53-55H,2-3,12-23,43H2,1H3,(H,44,56)(H,45,52)(H,46,57)(H2,42,47,48)/t29-,30+,33+,34-,35+,39+/m0/s1. The van der Waals surface area contributed by atoms with Gasteiger partial charge in [-0.15, -0.1) is 0 Å². The maximum absolute atomic E-state index is 13.4. The number of hydrogen-bond acceptors (Lipinski definition) is 16. The van der Waals surface area contributed by atoms with Crippen LogP contribution in [0.4, 0.5) is 5.82 Å². The van der Waals surface area contributed by atoms with E-state index in [1.165, 1.54) is 4.57 Å². The number of aromatic amines is 1. The summed E-state index contributed by atoms with van der Waals surface area (Å²) in [5, 5.41) is 45.5. The van der Waals surface area contributed by atoms with Crippen molar-refractivity contribution in [2.24, 2.45) is 11.8 Å². The lowest BCUT2D eigenvalue weighted by molar-refractivity contribution is -0.277. The molecule has 2 aliphatic heterocycles. The molecule has 20 nitrogen and oxygen atoms in total. The van der Waals surface area contributed by atoms with Crippen LogP contribution < -0.4 is 37.4 Å². The molecule has 4 aromatic rings. The molecule has 0 aliphatic carbocycles. The van der Waals surface area contributed by atoms with Crippen LogP contribution in [0.3, 0.4) is 0 Å². The summed E-state index contributed by atoms with van der Waals surface area (Å²) in [6.07, 6.45) is -2.44. The van der Waals surface area contributed by atoms with Gasteiger partial charge in [0.2, 0.25) is 18.1 Å². The fraction of sp³-hybridized carbons (Fsp3) is 0.537. The summed E-state index contributed by atoms with van der Waals surface area (Å²) >= 11 is 0. The molecule has 0 saturated carbocycles. The van der Waals surface area contributed by atoms with Gasteiger partial charge >= 0.3 is 11.7 Å². The number of ether oxygens (including phenoxy) is 3. The Morgan fingerprint density at radius 2 is 1.67 bits per heavy atom. The third-order valence-corrected chi connectivity index (χ3v) is 11.0. The van der Waals surface area contributed by atoms with Gasteiger partial charge in [0.25, 0.3) is 0 Å². The van der Waals surface area contributed by atoms with Gasteiger partial charge in [0.15, 0.2) is 11.5 Å². The molecule has 2 aliphatic rings. The van der Waals surface area contributed by atoms with Crippen LogP contribution >= 0.6 is 0 Å². The molecule has 2 aromatic carbocycles. The zero-order chi connectivity index (χ0) is 43.5. The minimum absolute atomic E-state index is 0.142. The number of H-pyrrole nitrogens is 1. The number of hydrogen-bond donors (Lipinski definition) is 9. The normalized spacial score (nSPS) is 21.6. The van der Waals surface area contributed by atoms with Crippen molar-refractivity contribution in [2.45, 2.75) is 95.3 Å². The Morgan fingerprint density at radius 1 is 0.984 bits per heavy atom. The molecule has 0 unspecified atom stereocenters. The second-order valence-corrected chi connectivity index (χ2v) is 15.5. The number of unbranched alkanes of at least 4 members (excludes halogenated alkanes) is 1. The number of likely N-dealkylation sites (tertiary alicyclic amines) is 1. The van der Waals surface area contributed by atoms with Crippen LogP contribution in [0.5, 0.6) is 11.8 Å². The third kappa shape index (κ3) is 12.0. The minimum atomic E-state index is -1.58.